The summed E-state index contributed by atoms with van der Waals surface area (Å²) in [5.74, 6) is 0.444. The second-order valence-corrected chi connectivity index (χ2v) is 9.24. The summed E-state index contributed by atoms with van der Waals surface area (Å²) in [5.41, 5.74) is 0. The molecule has 0 aliphatic heterocycles. The Bertz CT molecular complexity index is 554. The third-order valence-electron chi connectivity index (χ3n) is 4.35. The van der Waals surface area contributed by atoms with E-state index >= 15 is 0 Å². The molecule has 1 N–H and O–H groups in total. The molecule has 0 amide bonds. The largest absolute Gasteiger partial charge is 0.312 e. The summed E-state index contributed by atoms with van der Waals surface area (Å²) in [7, 11) is -1.61. The molecule has 2 atom stereocenters. The minimum atomic E-state index is -3.35. The van der Waals surface area contributed by atoms with E-state index in [2.05, 4.69) is 12.2 Å². The van der Waals surface area contributed by atoms with Gasteiger partial charge in [0.2, 0.25) is 0 Å². The molecule has 21 heavy (non-hydrogen) atoms. The van der Waals surface area contributed by atoms with Crippen molar-refractivity contribution in [1.29, 1.82) is 0 Å². The van der Waals surface area contributed by atoms with Gasteiger partial charge in [0.05, 0.1) is 0 Å². The summed E-state index contributed by atoms with van der Waals surface area (Å²) in [4.78, 5) is 1.07. The van der Waals surface area contributed by atoms with Crippen molar-refractivity contribution in [2.45, 2.75) is 56.3 Å². The molecule has 6 heteroatoms. The lowest BCUT2D eigenvalue weighted by Gasteiger charge is -2.35. The number of nitrogens with one attached hydrogen (secondary N) is 1. The van der Waals surface area contributed by atoms with Gasteiger partial charge in [0.25, 0.3) is 10.0 Å². The summed E-state index contributed by atoms with van der Waals surface area (Å²) in [6.07, 6.45) is 4.45. The smallest absolute Gasteiger partial charge is 0.252 e. The van der Waals surface area contributed by atoms with E-state index in [0.29, 0.717) is 10.1 Å². The molecule has 4 nitrogen and oxygen atoms in total. The predicted molar refractivity (Wildman–Crippen MR) is 88.1 cm³/mol. The fourth-order valence-electron chi connectivity index (χ4n) is 3.00. The van der Waals surface area contributed by atoms with Crippen molar-refractivity contribution >= 4 is 21.4 Å². The highest BCUT2D eigenvalue weighted by atomic mass is 32.2. The number of hydrogen-bond donors (Lipinski definition) is 1. The lowest BCUT2D eigenvalue weighted by molar-refractivity contribution is 0.213. The zero-order valence-electron chi connectivity index (χ0n) is 13.1. The molecular formula is C15H26N2O2S2. The second kappa shape index (κ2) is 7.22. The maximum atomic E-state index is 12.8. The molecule has 120 valence electrons. The second-order valence-electron chi connectivity index (χ2n) is 5.85. The normalized spacial score (nSPS) is 23.6. The molecule has 0 bridgehead atoms. The SMILES string of the molecule is CCNCc1ccc(S(=O)(=O)N(C)C2CCCCC2C)s1. The quantitative estimate of drug-likeness (QED) is 0.872. The average Bonchev–Trinajstić information content (AvgIpc) is 2.94. The molecule has 1 saturated carbocycles. The van der Waals surface area contributed by atoms with E-state index in [4.69, 9.17) is 0 Å². The van der Waals surface area contributed by atoms with Crippen LogP contribution in [0, 0.1) is 5.92 Å². The fraction of sp³-hybridized carbons (Fsp3) is 0.733. The van der Waals surface area contributed by atoms with Crippen molar-refractivity contribution in [2.24, 2.45) is 5.92 Å². The Morgan fingerprint density at radius 3 is 2.71 bits per heavy atom. The Balaban J connectivity index is 2.14. The summed E-state index contributed by atoms with van der Waals surface area (Å²) >= 11 is 1.38. The molecular weight excluding hydrogens is 304 g/mol. The lowest BCUT2D eigenvalue weighted by atomic mass is 9.86. The summed E-state index contributed by atoms with van der Waals surface area (Å²) in [6, 6.07) is 3.80. The van der Waals surface area contributed by atoms with E-state index < -0.39 is 10.0 Å². The topological polar surface area (TPSA) is 49.4 Å². The van der Waals surface area contributed by atoms with Gasteiger partial charge in [0, 0.05) is 24.5 Å². The van der Waals surface area contributed by atoms with Gasteiger partial charge in [-0.15, -0.1) is 11.3 Å². The standard InChI is InChI=1S/C15H26N2O2S2/c1-4-16-11-13-9-10-15(20-13)21(18,19)17(3)14-8-6-5-7-12(14)2/h9-10,12,14,16H,4-8,11H2,1-3H3. The van der Waals surface area contributed by atoms with Crippen molar-refractivity contribution in [2.75, 3.05) is 13.6 Å². The first kappa shape index (κ1) is 16.9. The third-order valence-corrected chi connectivity index (χ3v) is 7.79. The predicted octanol–water partition coefficient (Wildman–Crippen LogP) is 3.06. The minimum Gasteiger partial charge on any atom is -0.312 e. The highest BCUT2D eigenvalue weighted by Crippen LogP contribution is 2.32. The molecule has 1 aromatic rings. The van der Waals surface area contributed by atoms with Gasteiger partial charge in [-0.05, 0) is 37.4 Å². The monoisotopic (exact) mass is 330 g/mol. The van der Waals surface area contributed by atoms with E-state index in [9.17, 15) is 8.42 Å². The first-order chi connectivity index (χ1) is 9.96. The van der Waals surface area contributed by atoms with Gasteiger partial charge >= 0.3 is 0 Å². The minimum absolute atomic E-state index is 0.142. The first-order valence-corrected chi connectivity index (χ1v) is 10.00. The van der Waals surface area contributed by atoms with Crippen molar-refractivity contribution in [3.8, 4) is 0 Å². The van der Waals surface area contributed by atoms with Gasteiger partial charge in [0.1, 0.15) is 4.21 Å². The van der Waals surface area contributed by atoms with E-state index in [-0.39, 0.29) is 6.04 Å². The van der Waals surface area contributed by atoms with E-state index in [1.165, 1.54) is 17.8 Å². The van der Waals surface area contributed by atoms with Crippen molar-refractivity contribution in [3.63, 3.8) is 0 Å². The highest BCUT2D eigenvalue weighted by Gasteiger charge is 2.33. The molecule has 1 aromatic heterocycles. The number of sulfonamides is 1. The maximum Gasteiger partial charge on any atom is 0.252 e. The van der Waals surface area contributed by atoms with Gasteiger partial charge in [-0.1, -0.05) is 26.7 Å². The molecule has 0 spiro atoms. The van der Waals surface area contributed by atoms with Crippen LogP contribution in [-0.4, -0.2) is 32.4 Å². The van der Waals surface area contributed by atoms with Crippen LogP contribution >= 0.6 is 11.3 Å². The van der Waals surface area contributed by atoms with Crippen molar-refractivity contribution < 1.29 is 8.42 Å². The Labute approximate surface area is 132 Å². The summed E-state index contributed by atoms with van der Waals surface area (Å²) in [5, 5.41) is 3.23. The molecule has 1 aliphatic rings. The summed E-state index contributed by atoms with van der Waals surface area (Å²) < 4.78 is 27.6. The van der Waals surface area contributed by atoms with Crippen LogP contribution in [-0.2, 0) is 16.6 Å². The molecule has 2 rings (SSSR count). The number of hydrogen-bond acceptors (Lipinski definition) is 4. The fourth-order valence-corrected chi connectivity index (χ4v) is 5.99. The van der Waals surface area contributed by atoms with Crippen molar-refractivity contribution in [3.05, 3.63) is 17.0 Å². The molecule has 0 saturated heterocycles. The van der Waals surface area contributed by atoms with Crippen LogP contribution in [0.15, 0.2) is 16.3 Å². The van der Waals surface area contributed by atoms with Gasteiger partial charge in [-0.25, -0.2) is 8.42 Å². The average molecular weight is 331 g/mol. The number of thiophene rings is 1. The third kappa shape index (κ3) is 3.86. The number of nitrogens with zero attached hydrogens (tertiary/aromatic N) is 1. The van der Waals surface area contributed by atoms with Crippen LogP contribution in [0.2, 0.25) is 0 Å². The Morgan fingerprint density at radius 1 is 1.33 bits per heavy atom. The molecule has 1 fully saturated rings. The van der Waals surface area contributed by atoms with Crippen LogP contribution in [0.5, 0.6) is 0 Å². The molecule has 1 heterocycles. The Hall–Kier alpha value is -0.430. The highest BCUT2D eigenvalue weighted by molar-refractivity contribution is 7.91. The van der Waals surface area contributed by atoms with Gasteiger partial charge < -0.3 is 5.32 Å². The van der Waals surface area contributed by atoms with Crippen LogP contribution in [0.1, 0.15) is 44.4 Å². The zero-order chi connectivity index (χ0) is 15.5. The van der Waals surface area contributed by atoms with E-state index in [1.54, 1.807) is 17.4 Å². The van der Waals surface area contributed by atoms with Gasteiger partial charge in [0.15, 0.2) is 0 Å². The van der Waals surface area contributed by atoms with Crippen LogP contribution in [0.3, 0.4) is 0 Å². The first-order valence-electron chi connectivity index (χ1n) is 7.74. The van der Waals surface area contributed by atoms with Crippen LogP contribution in [0.25, 0.3) is 0 Å². The van der Waals surface area contributed by atoms with Gasteiger partial charge in [-0.3, -0.25) is 0 Å². The van der Waals surface area contributed by atoms with Crippen LogP contribution in [0.4, 0.5) is 0 Å². The number of rotatable bonds is 6. The Kier molecular flexibility index (Phi) is 5.82. The Morgan fingerprint density at radius 2 is 2.05 bits per heavy atom. The summed E-state index contributed by atoms with van der Waals surface area (Å²) in [6.45, 7) is 5.84. The van der Waals surface area contributed by atoms with Crippen LogP contribution < -0.4 is 5.32 Å². The molecule has 0 radical (unpaired) electrons. The van der Waals surface area contributed by atoms with E-state index in [1.807, 2.05) is 13.0 Å². The van der Waals surface area contributed by atoms with E-state index in [0.717, 1.165) is 37.2 Å². The maximum absolute atomic E-state index is 12.8. The molecule has 1 aliphatic carbocycles. The van der Waals surface area contributed by atoms with Gasteiger partial charge in [-0.2, -0.15) is 4.31 Å². The molecule has 2 unspecified atom stereocenters. The lowest BCUT2D eigenvalue weighted by Crippen LogP contribution is -2.42. The zero-order valence-corrected chi connectivity index (χ0v) is 14.8. The molecule has 0 aromatic carbocycles. The van der Waals surface area contributed by atoms with Crippen molar-refractivity contribution in [1.82, 2.24) is 9.62 Å².